The van der Waals surface area contributed by atoms with Crippen LogP contribution >= 0.6 is 0 Å². The normalized spacial score (nSPS) is 27.8. The molecule has 0 aromatic heterocycles. The first-order valence-electron chi connectivity index (χ1n) is 8.46. The van der Waals surface area contributed by atoms with Gasteiger partial charge in [-0.3, -0.25) is 0 Å². The quantitative estimate of drug-likeness (QED) is 0.779. The van der Waals surface area contributed by atoms with E-state index in [1.165, 1.54) is 31.9 Å². The minimum atomic E-state index is -2.83. The third-order valence-electron chi connectivity index (χ3n) is 5.24. The second-order valence-electron chi connectivity index (χ2n) is 8.15. The topological polar surface area (TPSA) is 46.2 Å². The molecule has 0 heterocycles. The van der Waals surface area contributed by atoms with Gasteiger partial charge in [-0.05, 0) is 61.8 Å². The first kappa shape index (κ1) is 19.0. The van der Waals surface area contributed by atoms with E-state index in [0.29, 0.717) is 16.6 Å². The van der Waals surface area contributed by atoms with Crippen molar-refractivity contribution < 1.29 is 8.42 Å². The van der Waals surface area contributed by atoms with E-state index < -0.39 is 9.84 Å². The second kappa shape index (κ2) is 7.45. The Hall–Kier alpha value is -0.0900. The van der Waals surface area contributed by atoms with Gasteiger partial charge in [0.05, 0.1) is 0 Å². The molecule has 21 heavy (non-hydrogen) atoms. The maximum absolute atomic E-state index is 11.4. The predicted molar refractivity (Wildman–Crippen MR) is 91.3 cm³/mol. The van der Waals surface area contributed by atoms with Gasteiger partial charge in [-0.15, -0.1) is 0 Å². The number of hydrogen-bond donors (Lipinski definition) is 1. The molecule has 3 nitrogen and oxygen atoms in total. The molecule has 0 aromatic rings. The van der Waals surface area contributed by atoms with E-state index >= 15 is 0 Å². The highest BCUT2D eigenvalue weighted by atomic mass is 32.2. The van der Waals surface area contributed by atoms with E-state index in [2.05, 4.69) is 33.0 Å². The molecule has 0 radical (unpaired) electrons. The second-order valence-corrected chi connectivity index (χ2v) is 10.4. The Morgan fingerprint density at radius 1 is 1.19 bits per heavy atom. The lowest BCUT2D eigenvalue weighted by atomic mass is 9.62. The molecule has 1 aliphatic rings. The summed E-state index contributed by atoms with van der Waals surface area (Å²) in [6.45, 7) is 11.2. The molecule has 1 aliphatic carbocycles. The average molecular weight is 318 g/mol. The minimum absolute atomic E-state index is 0.322. The fraction of sp³-hybridized carbons (Fsp3) is 1.00. The number of sulfone groups is 1. The SMILES string of the molecule is CCNCC1(CCCS(C)(=O)=O)CCC(C(C)(C)C)CC1. The fourth-order valence-electron chi connectivity index (χ4n) is 3.71. The zero-order chi connectivity index (χ0) is 16.1. The zero-order valence-electron chi connectivity index (χ0n) is 14.7. The lowest BCUT2D eigenvalue weighted by Gasteiger charge is -2.44. The highest BCUT2D eigenvalue weighted by Crippen LogP contribution is 2.47. The first-order chi connectivity index (χ1) is 9.58. The monoisotopic (exact) mass is 317 g/mol. The molecule has 1 N–H and O–H groups in total. The number of hydrogen-bond acceptors (Lipinski definition) is 3. The summed E-state index contributed by atoms with van der Waals surface area (Å²) in [5.41, 5.74) is 0.722. The van der Waals surface area contributed by atoms with Crippen LogP contribution in [-0.4, -0.2) is 33.5 Å². The summed E-state index contributed by atoms with van der Waals surface area (Å²) in [5, 5.41) is 3.51. The average Bonchev–Trinajstić information content (AvgIpc) is 2.34. The minimum Gasteiger partial charge on any atom is -0.316 e. The summed E-state index contributed by atoms with van der Waals surface area (Å²) in [7, 11) is -2.83. The third-order valence-corrected chi connectivity index (χ3v) is 6.27. The van der Waals surface area contributed by atoms with Crippen LogP contribution in [0.3, 0.4) is 0 Å². The molecule has 0 atom stereocenters. The maximum atomic E-state index is 11.4. The fourth-order valence-corrected chi connectivity index (χ4v) is 4.38. The van der Waals surface area contributed by atoms with Crippen molar-refractivity contribution in [3.63, 3.8) is 0 Å². The van der Waals surface area contributed by atoms with E-state index in [0.717, 1.165) is 31.8 Å². The van der Waals surface area contributed by atoms with Gasteiger partial charge in [0.2, 0.25) is 0 Å². The van der Waals surface area contributed by atoms with Crippen molar-refractivity contribution in [3.8, 4) is 0 Å². The molecule has 1 fully saturated rings. The largest absolute Gasteiger partial charge is 0.316 e. The van der Waals surface area contributed by atoms with Crippen LogP contribution in [-0.2, 0) is 9.84 Å². The van der Waals surface area contributed by atoms with Gasteiger partial charge in [0.15, 0.2) is 0 Å². The summed E-state index contributed by atoms with van der Waals surface area (Å²) in [5.74, 6) is 1.14. The molecule has 0 aromatic carbocycles. The molecule has 126 valence electrons. The van der Waals surface area contributed by atoms with Gasteiger partial charge in [-0.2, -0.15) is 0 Å². The summed E-state index contributed by atoms with van der Waals surface area (Å²) in [6.07, 6.45) is 8.26. The summed E-state index contributed by atoms with van der Waals surface area (Å²) in [4.78, 5) is 0. The Bertz CT molecular complexity index is 401. The lowest BCUT2D eigenvalue weighted by Crippen LogP contribution is -2.40. The Morgan fingerprint density at radius 3 is 2.19 bits per heavy atom. The van der Waals surface area contributed by atoms with Crippen LogP contribution < -0.4 is 5.32 Å². The van der Waals surface area contributed by atoms with Gasteiger partial charge in [-0.1, -0.05) is 27.7 Å². The van der Waals surface area contributed by atoms with Crippen molar-refractivity contribution in [2.45, 2.75) is 66.2 Å². The van der Waals surface area contributed by atoms with E-state index in [1.807, 2.05) is 0 Å². The molecule has 0 saturated heterocycles. The Kier molecular flexibility index (Phi) is 6.73. The van der Waals surface area contributed by atoms with Crippen molar-refractivity contribution in [2.24, 2.45) is 16.7 Å². The lowest BCUT2D eigenvalue weighted by molar-refractivity contribution is 0.0796. The van der Waals surface area contributed by atoms with Gasteiger partial charge in [0.1, 0.15) is 9.84 Å². The van der Waals surface area contributed by atoms with Gasteiger partial charge in [-0.25, -0.2) is 8.42 Å². The number of nitrogens with one attached hydrogen (secondary N) is 1. The first-order valence-corrected chi connectivity index (χ1v) is 10.5. The molecule has 0 spiro atoms. The van der Waals surface area contributed by atoms with Crippen LogP contribution in [0.2, 0.25) is 0 Å². The molecule has 1 saturated carbocycles. The van der Waals surface area contributed by atoms with Crippen molar-refractivity contribution in [1.82, 2.24) is 5.32 Å². The van der Waals surface area contributed by atoms with Crippen LogP contribution in [0.5, 0.6) is 0 Å². The highest BCUT2D eigenvalue weighted by molar-refractivity contribution is 7.90. The Labute approximate surface area is 132 Å². The molecule has 0 unspecified atom stereocenters. The molecule has 0 bridgehead atoms. The van der Waals surface area contributed by atoms with E-state index in [4.69, 9.17) is 0 Å². The predicted octanol–water partition coefficient (Wildman–Crippen LogP) is 3.64. The molecule has 1 rings (SSSR count). The van der Waals surface area contributed by atoms with Crippen molar-refractivity contribution in [2.75, 3.05) is 25.1 Å². The smallest absolute Gasteiger partial charge is 0.147 e. The molecular formula is C17H35NO2S. The summed E-state index contributed by atoms with van der Waals surface area (Å²) >= 11 is 0. The van der Waals surface area contributed by atoms with Crippen molar-refractivity contribution >= 4 is 9.84 Å². The molecule has 0 aliphatic heterocycles. The van der Waals surface area contributed by atoms with Gasteiger partial charge in [0.25, 0.3) is 0 Å². The maximum Gasteiger partial charge on any atom is 0.147 e. The van der Waals surface area contributed by atoms with Gasteiger partial charge >= 0.3 is 0 Å². The van der Waals surface area contributed by atoms with Crippen molar-refractivity contribution in [1.29, 1.82) is 0 Å². The van der Waals surface area contributed by atoms with Crippen LogP contribution in [0, 0.1) is 16.7 Å². The summed E-state index contributed by atoms with van der Waals surface area (Å²) < 4.78 is 22.7. The van der Waals surface area contributed by atoms with E-state index in [1.54, 1.807) is 0 Å². The van der Waals surface area contributed by atoms with E-state index in [9.17, 15) is 8.42 Å². The standard InChI is InChI=1S/C17H35NO2S/c1-6-18-14-17(10-7-13-21(5,19)20)11-8-15(9-12-17)16(2,3)4/h15,18H,6-14H2,1-5H3. The van der Waals surface area contributed by atoms with Crippen LogP contribution in [0.25, 0.3) is 0 Å². The zero-order valence-corrected chi connectivity index (χ0v) is 15.5. The summed E-state index contributed by atoms with van der Waals surface area (Å²) in [6, 6.07) is 0. The van der Waals surface area contributed by atoms with Crippen LogP contribution in [0.15, 0.2) is 0 Å². The molecule has 4 heteroatoms. The molecular weight excluding hydrogens is 282 g/mol. The van der Waals surface area contributed by atoms with Gasteiger partial charge < -0.3 is 5.32 Å². The van der Waals surface area contributed by atoms with Crippen LogP contribution in [0.1, 0.15) is 66.2 Å². The van der Waals surface area contributed by atoms with E-state index in [-0.39, 0.29) is 0 Å². The molecule has 0 amide bonds. The Balaban J connectivity index is 2.60. The van der Waals surface area contributed by atoms with Crippen LogP contribution in [0.4, 0.5) is 0 Å². The number of rotatable bonds is 7. The van der Waals surface area contributed by atoms with Gasteiger partial charge in [0, 0.05) is 18.6 Å². The third kappa shape index (κ3) is 6.68. The Morgan fingerprint density at radius 2 is 1.76 bits per heavy atom. The van der Waals surface area contributed by atoms with Crippen molar-refractivity contribution in [3.05, 3.63) is 0 Å². The highest BCUT2D eigenvalue weighted by Gasteiger charge is 2.38.